The molecule has 0 unspecified atom stereocenters. The first kappa shape index (κ1) is 22.1. The van der Waals surface area contributed by atoms with Crippen molar-refractivity contribution in [3.63, 3.8) is 0 Å². The fourth-order valence-corrected chi connectivity index (χ4v) is 3.61. The van der Waals surface area contributed by atoms with E-state index in [9.17, 15) is 14.0 Å². The van der Waals surface area contributed by atoms with E-state index in [1.165, 1.54) is 24.3 Å². The summed E-state index contributed by atoms with van der Waals surface area (Å²) in [5, 5.41) is 2.76. The van der Waals surface area contributed by atoms with Crippen LogP contribution in [0.4, 0.5) is 10.1 Å². The van der Waals surface area contributed by atoms with Crippen LogP contribution in [-0.4, -0.2) is 37.5 Å². The Hall–Kier alpha value is -4.07. The van der Waals surface area contributed by atoms with E-state index >= 15 is 0 Å². The molecule has 170 valence electrons. The van der Waals surface area contributed by atoms with Gasteiger partial charge in [0.15, 0.2) is 6.61 Å². The summed E-state index contributed by atoms with van der Waals surface area (Å²) in [4.78, 5) is 26.9. The highest BCUT2D eigenvalue weighted by atomic mass is 19.1. The first-order valence-corrected chi connectivity index (χ1v) is 10.3. The Bertz CT molecular complexity index is 1200. The number of rotatable bonds is 6. The first-order chi connectivity index (χ1) is 16.0. The molecule has 1 N–H and O–H groups in total. The van der Waals surface area contributed by atoms with E-state index in [-0.39, 0.29) is 24.6 Å². The molecule has 0 fully saturated rings. The largest absolute Gasteiger partial charge is 0.497 e. The number of methoxy groups -OCH3 is 2. The second kappa shape index (κ2) is 9.60. The number of fused-ring (bicyclic) bond motifs is 1. The smallest absolute Gasteiger partial charge is 0.261 e. The van der Waals surface area contributed by atoms with Gasteiger partial charge in [0.25, 0.3) is 11.8 Å². The standard InChI is InChI=1S/C25H23FN2O5/c1-31-21-8-6-17(23(12-21)32-2)13-28-14-18-11-20(7-9-22(18)33-15-24(28)29)27-25(30)16-4-3-5-19(26)10-16/h3-12H,13-15H2,1-2H3,(H,27,30). The molecular weight excluding hydrogens is 427 g/mol. The SMILES string of the molecule is COc1ccc(CN2Cc3cc(NC(=O)c4cccc(F)c4)ccc3OCC2=O)c(OC)c1. The highest BCUT2D eigenvalue weighted by Crippen LogP contribution is 2.30. The summed E-state index contributed by atoms with van der Waals surface area (Å²) in [6, 6.07) is 16.0. The molecule has 0 aliphatic carbocycles. The zero-order valence-electron chi connectivity index (χ0n) is 18.3. The van der Waals surface area contributed by atoms with Gasteiger partial charge in [0.05, 0.1) is 14.2 Å². The van der Waals surface area contributed by atoms with Crippen LogP contribution in [0.15, 0.2) is 60.7 Å². The van der Waals surface area contributed by atoms with E-state index in [1.54, 1.807) is 43.4 Å². The highest BCUT2D eigenvalue weighted by molar-refractivity contribution is 6.04. The molecule has 0 atom stereocenters. The van der Waals surface area contributed by atoms with Crippen LogP contribution in [0.5, 0.6) is 17.2 Å². The van der Waals surface area contributed by atoms with Gasteiger partial charge < -0.3 is 24.4 Å². The number of ether oxygens (including phenoxy) is 3. The van der Waals surface area contributed by atoms with Gasteiger partial charge in [-0.05, 0) is 48.5 Å². The number of carbonyl (C=O) groups is 2. The molecule has 1 heterocycles. The summed E-state index contributed by atoms with van der Waals surface area (Å²) >= 11 is 0. The molecule has 8 heteroatoms. The van der Waals surface area contributed by atoms with Gasteiger partial charge in [0.2, 0.25) is 0 Å². The number of benzene rings is 3. The predicted octanol–water partition coefficient (Wildman–Crippen LogP) is 4.02. The fourth-order valence-electron chi connectivity index (χ4n) is 3.61. The van der Waals surface area contributed by atoms with E-state index < -0.39 is 11.7 Å². The first-order valence-electron chi connectivity index (χ1n) is 10.3. The van der Waals surface area contributed by atoms with E-state index in [1.807, 2.05) is 12.1 Å². The van der Waals surface area contributed by atoms with E-state index in [0.717, 1.165) is 11.1 Å². The topological polar surface area (TPSA) is 77.1 Å². The van der Waals surface area contributed by atoms with Gasteiger partial charge in [-0.25, -0.2) is 4.39 Å². The van der Waals surface area contributed by atoms with Crippen molar-refractivity contribution in [1.29, 1.82) is 0 Å². The lowest BCUT2D eigenvalue weighted by Gasteiger charge is -2.22. The molecule has 3 aromatic carbocycles. The minimum Gasteiger partial charge on any atom is -0.497 e. The molecular formula is C25H23FN2O5. The third-order valence-corrected chi connectivity index (χ3v) is 5.33. The van der Waals surface area contributed by atoms with Crippen molar-refractivity contribution in [3.8, 4) is 17.2 Å². The number of halogens is 1. The van der Waals surface area contributed by atoms with Crippen molar-refractivity contribution >= 4 is 17.5 Å². The Balaban J connectivity index is 1.55. The summed E-state index contributed by atoms with van der Waals surface area (Å²) in [5.74, 6) is 0.750. The lowest BCUT2D eigenvalue weighted by molar-refractivity contribution is -0.133. The zero-order valence-corrected chi connectivity index (χ0v) is 18.3. The van der Waals surface area contributed by atoms with E-state index in [0.29, 0.717) is 29.5 Å². The van der Waals surface area contributed by atoms with Gasteiger partial charge in [-0.2, -0.15) is 0 Å². The Morgan fingerprint density at radius 2 is 1.94 bits per heavy atom. The van der Waals surface area contributed by atoms with Crippen molar-refractivity contribution < 1.29 is 28.2 Å². The number of carbonyl (C=O) groups excluding carboxylic acids is 2. The third kappa shape index (κ3) is 5.06. The van der Waals surface area contributed by atoms with Gasteiger partial charge in [-0.15, -0.1) is 0 Å². The van der Waals surface area contributed by atoms with Gasteiger partial charge >= 0.3 is 0 Å². The Morgan fingerprint density at radius 3 is 2.70 bits per heavy atom. The van der Waals surface area contributed by atoms with Crippen LogP contribution < -0.4 is 19.5 Å². The number of nitrogens with zero attached hydrogens (tertiary/aromatic N) is 1. The molecule has 4 rings (SSSR count). The summed E-state index contributed by atoms with van der Waals surface area (Å²) in [6.07, 6.45) is 0. The zero-order chi connectivity index (χ0) is 23.4. The summed E-state index contributed by atoms with van der Waals surface area (Å²) in [7, 11) is 3.14. The molecule has 2 amide bonds. The monoisotopic (exact) mass is 450 g/mol. The molecule has 0 radical (unpaired) electrons. The minimum atomic E-state index is -0.485. The Morgan fingerprint density at radius 1 is 1.09 bits per heavy atom. The Labute approximate surface area is 190 Å². The minimum absolute atomic E-state index is 0.0968. The van der Waals surface area contributed by atoms with Crippen LogP contribution in [-0.2, 0) is 17.9 Å². The lowest BCUT2D eigenvalue weighted by Crippen LogP contribution is -2.32. The van der Waals surface area contributed by atoms with Gasteiger partial charge in [0, 0.05) is 41.5 Å². The highest BCUT2D eigenvalue weighted by Gasteiger charge is 2.23. The maximum Gasteiger partial charge on any atom is 0.261 e. The molecule has 33 heavy (non-hydrogen) atoms. The average molecular weight is 450 g/mol. The van der Waals surface area contributed by atoms with Crippen LogP contribution in [0.2, 0.25) is 0 Å². The molecule has 0 aromatic heterocycles. The van der Waals surface area contributed by atoms with Crippen molar-refractivity contribution in [2.45, 2.75) is 13.1 Å². The molecule has 0 saturated heterocycles. The van der Waals surface area contributed by atoms with Gasteiger partial charge in [-0.1, -0.05) is 6.07 Å². The number of hydrogen-bond donors (Lipinski definition) is 1. The average Bonchev–Trinajstić information content (AvgIpc) is 2.97. The number of amides is 2. The molecule has 7 nitrogen and oxygen atoms in total. The van der Waals surface area contributed by atoms with Crippen LogP contribution in [0, 0.1) is 5.82 Å². The maximum atomic E-state index is 13.4. The van der Waals surface area contributed by atoms with Crippen molar-refractivity contribution in [2.24, 2.45) is 0 Å². The summed E-state index contributed by atoms with van der Waals surface area (Å²) in [6.45, 7) is 0.502. The van der Waals surface area contributed by atoms with Gasteiger partial charge in [-0.3, -0.25) is 9.59 Å². The van der Waals surface area contributed by atoms with Crippen molar-refractivity contribution in [1.82, 2.24) is 4.90 Å². The summed E-state index contributed by atoms with van der Waals surface area (Å²) in [5.41, 5.74) is 2.29. The molecule has 0 saturated carbocycles. The second-order valence-electron chi connectivity index (χ2n) is 7.50. The van der Waals surface area contributed by atoms with Crippen LogP contribution in [0.1, 0.15) is 21.5 Å². The number of hydrogen-bond acceptors (Lipinski definition) is 5. The normalized spacial score (nSPS) is 12.9. The number of anilines is 1. The number of nitrogens with one attached hydrogen (secondary N) is 1. The van der Waals surface area contributed by atoms with E-state index in [2.05, 4.69) is 5.32 Å². The summed E-state index contributed by atoms with van der Waals surface area (Å²) < 4.78 is 29.8. The molecule has 0 spiro atoms. The van der Waals surface area contributed by atoms with Crippen LogP contribution in [0.25, 0.3) is 0 Å². The quantitative estimate of drug-likeness (QED) is 0.614. The van der Waals surface area contributed by atoms with E-state index in [4.69, 9.17) is 14.2 Å². The molecule has 0 bridgehead atoms. The molecule has 1 aliphatic heterocycles. The Kier molecular flexibility index (Phi) is 6.44. The van der Waals surface area contributed by atoms with Crippen molar-refractivity contribution in [2.75, 3.05) is 26.1 Å². The fraction of sp³-hybridized carbons (Fsp3) is 0.200. The predicted molar refractivity (Wildman–Crippen MR) is 120 cm³/mol. The maximum absolute atomic E-state index is 13.4. The molecule has 3 aromatic rings. The van der Waals surface area contributed by atoms with Crippen LogP contribution in [0.3, 0.4) is 0 Å². The van der Waals surface area contributed by atoms with Crippen molar-refractivity contribution in [3.05, 3.63) is 83.2 Å². The second-order valence-corrected chi connectivity index (χ2v) is 7.50. The molecule has 1 aliphatic rings. The third-order valence-electron chi connectivity index (χ3n) is 5.33. The lowest BCUT2D eigenvalue weighted by atomic mass is 10.1. The van der Waals surface area contributed by atoms with Gasteiger partial charge in [0.1, 0.15) is 23.1 Å². The van der Waals surface area contributed by atoms with Crippen LogP contribution >= 0.6 is 0 Å².